The molecule has 0 spiro atoms. The highest BCUT2D eigenvalue weighted by molar-refractivity contribution is 5.79. The van der Waals surface area contributed by atoms with Crippen molar-refractivity contribution >= 4 is 12.0 Å². The molecule has 1 N–H and O–H groups in total. The van der Waals surface area contributed by atoms with Gasteiger partial charge in [0.15, 0.2) is 11.6 Å². The third-order valence-electron chi connectivity index (χ3n) is 3.38. The third kappa shape index (κ3) is 3.55. The summed E-state index contributed by atoms with van der Waals surface area (Å²) in [5.74, 6) is 1.25. The fourth-order valence-electron chi connectivity index (χ4n) is 2.17. The van der Waals surface area contributed by atoms with Crippen LogP contribution in [-0.4, -0.2) is 33.3 Å². The number of benzene rings is 1. The minimum atomic E-state index is 0.149. The highest BCUT2D eigenvalue weighted by atomic mass is 16.3. The summed E-state index contributed by atoms with van der Waals surface area (Å²) in [6.45, 7) is 1.88. The number of phenolic OH excluding ortho intramolecular Hbond substituents is 1. The van der Waals surface area contributed by atoms with Gasteiger partial charge in [0.05, 0.1) is 11.8 Å². The first-order valence-corrected chi connectivity index (χ1v) is 7.45. The van der Waals surface area contributed by atoms with Crippen molar-refractivity contribution in [2.24, 2.45) is 5.10 Å². The molecule has 3 aromatic rings. The number of anilines is 1. The van der Waals surface area contributed by atoms with Gasteiger partial charge in [-0.1, -0.05) is 18.2 Å². The number of aryl methyl sites for hydroxylation is 1. The maximum absolute atomic E-state index is 10.0. The van der Waals surface area contributed by atoms with Gasteiger partial charge in [-0.15, -0.1) is 0 Å². The van der Waals surface area contributed by atoms with Crippen molar-refractivity contribution in [2.75, 3.05) is 12.1 Å². The Bertz CT molecular complexity index is 864. The van der Waals surface area contributed by atoms with Crippen molar-refractivity contribution in [1.29, 1.82) is 0 Å². The zero-order valence-electron chi connectivity index (χ0n) is 13.5. The first kappa shape index (κ1) is 15.6. The number of hydrogen-bond acceptors (Lipinski definition) is 6. The molecule has 0 saturated heterocycles. The van der Waals surface area contributed by atoms with E-state index in [-0.39, 0.29) is 5.75 Å². The first-order valence-electron chi connectivity index (χ1n) is 7.45. The van der Waals surface area contributed by atoms with E-state index in [1.54, 1.807) is 41.8 Å². The summed E-state index contributed by atoms with van der Waals surface area (Å²) >= 11 is 0. The number of aromatic nitrogens is 3. The predicted octanol–water partition coefficient (Wildman–Crippen LogP) is 3.02. The average Bonchev–Trinajstić information content (AvgIpc) is 2.60. The van der Waals surface area contributed by atoms with Gasteiger partial charge in [-0.25, -0.2) is 9.97 Å². The van der Waals surface area contributed by atoms with Crippen LogP contribution < -0.4 is 5.01 Å². The molecule has 24 heavy (non-hydrogen) atoms. The predicted molar refractivity (Wildman–Crippen MR) is 94.1 cm³/mol. The number of nitrogens with zero attached hydrogens (tertiary/aromatic N) is 5. The molecular weight excluding hydrogens is 302 g/mol. The van der Waals surface area contributed by atoms with Crippen LogP contribution in [0.1, 0.15) is 11.3 Å². The molecule has 2 aromatic heterocycles. The molecule has 2 heterocycles. The van der Waals surface area contributed by atoms with Gasteiger partial charge in [0.1, 0.15) is 5.75 Å². The van der Waals surface area contributed by atoms with Gasteiger partial charge in [-0.3, -0.25) is 9.99 Å². The second-order valence-corrected chi connectivity index (χ2v) is 5.26. The highest BCUT2D eigenvalue weighted by Gasteiger charge is 2.10. The third-order valence-corrected chi connectivity index (χ3v) is 3.38. The number of phenols is 1. The van der Waals surface area contributed by atoms with E-state index in [1.165, 1.54) is 0 Å². The van der Waals surface area contributed by atoms with Crippen molar-refractivity contribution in [3.8, 4) is 17.1 Å². The number of aromatic hydroxyl groups is 1. The summed E-state index contributed by atoms with van der Waals surface area (Å²) in [6, 6.07) is 12.6. The number of para-hydroxylation sites is 1. The summed E-state index contributed by atoms with van der Waals surface area (Å²) in [5.41, 5.74) is 2.28. The number of hydrogen-bond donors (Lipinski definition) is 1. The Morgan fingerprint density at radius 2 is 1.96 bits per heavy atom. The second kappa shape index (κ2) is 6.87. The quantitative estimate of drug-likeness (QED) is 0.591. The molecule has 0 fully saturated rings. The fraction of sp³-hybridized carbons (Fsp3) is 0.111. The highest BCUT2D eigenvalue weighted by Crippen LogP contribution is 2.27. The van der Waals surface area contributed by atoms with Crippen molar-refractivity contribution in [2.45, 2.75) is 6.92 Å². The van der Waals surface area contributed by atoms with Crippen LogP contribution in [0.25, 0.3) is 11.4 Å². The topological polar surface area (TPSA) is 74.5 Å². The van der Waals surface area contributed by atoms with Crippen LogP contribution in [0.3, 0.4) is 0 Å². The lowest BCUT2D eigenvalue weighted by molar-refractivity contribution is 0.477. The average molecular weight is 319 g/mol. The Morgan fingerprint density at radius 1 is 1.12 bits per heavy atom. The Kier molecular flexibility index (Phi) is 4.47. The van der Waals surface area contributed by atoms with E-state index in [0.717, 1.165) is 11.3 Å². The van der Waals surface area contributed by atoms with E-state index >= 15 is 0 Å². The van der Waals surface area contributed by atoms with Gasteiger partial charge in [0.2, 0.25) is 0 Å². The largest absolute Gasteiger partial charge is 0.507 e. The smallest absolute Gasteiger partial charge is 0.165 e. The van der Waals surface area contributed by atoms with Gasteiger partial charge in [0, 0.05) is 36.8 Å². The maximum Gasteiger partial charge on any atom is 0.165 e. The van der Waals surface area contributed by atoms with Gasteiger partial charge in [-0.2, -0.15) is 5.10 Å². The fourth-order valence-corrected chi connectivity index (χ4v) is 2.17. The molecule has 0 atom stereocenters. The normalized spacial score (nSPS) is 10.9. The molecule has 0 radical (unpaired) electrons. The molecule has 0 bridgehead atoms. The van der Waals surface area contributed by atoms with E-state index in [2.05, 4.69) is 20.1 Å². The molecule has 0 saturated carbocycles. The van der Waals surface area contributed by atoms with Crippen molar-refractivity contribution < 1.29 is 5.11 Å². The molecule has 6 heteroatoms. The first-order chi connectivity index (χ1) is 11.6. The van der Waals surface area contributed by atoms with E-state index < -0.39 is 0 Å². The standard InChI is InChI=1S/C18H17N5O/c1-13-10-17(23(2)20-12-14-6-5-9-19-11-14)22-18(21-13)15-7-3-4-8-16(15)24/h3-12,24H,1-2H3/b20-12+. The lowest BCUT2D eigenvalue weighted by atomic mass is 10.2. The monoisotopic (exact) mass is 319 g/mol. The van der Waals surface area contributed by atoms with Crippen LogP contribution in [0.4, 0.5) is 5.82 Å². The minimum Gasteiger partial charge on any atom is -0.507 e. The van der Waals surface area contributed by atoms with Crippen molar-refractivity contribution in [3.63, 3.8) is 0 Å². The van der Waals surface area contributed by atoms with Gasteiger partial charge in [0.25, 0.3) is 0 Å². The summed E-state index contributed by atoms with van der Waals surface area (Å²) in [5, 5.41) is 16.0. The molecule has 0 aliphatic heterocycles. The molecule has 6 nitrogen and oxygen atoms in total. The Hall–Kier alpha value is -3.28. The summed E-state index contributed by atoms with van der Waals surface area (Å²) in [4.78, 5) is 13.0. The van der Waals surface area contributed by atoms with E-state index in [0.29, 0.717) is 17.2 Å². The lowest BCUT2D eigenvalue weighted by Crippen LogP contribution is -2.12. The second-order valence-electron chi connectivity index (χ2n) is 5.26. The van der Waals surface area contributed by atoms with Gasteiger partial charge >= 0.3 is 0 Å². The van der Waals surface area contributed by atoms with Crippen LogP contribution in [0, 0.1) is 6.92 Å². The Balaban J connectivity index is 1.91. The number of rotatable bonds is 4. The van der Waals surface area contributed by atoms with Crippen molar-refractivity contribution in [1.82, 2.24) is 15.0 Å². The molecule has 1 aromatic carbocycles. The molecular formula is C18H17N5O. The zero-order chi connectivity index (χ0) is 16.9. The van der Waals surface area contributed by atoms with E-state index in [9.17, 15) is 5.11 Å². The molecule has 0 aliphatic rings. The van der Waals surface area contributed by atoms with Crippen molar-refractivity contribution in [3.05, 3.63) is 66.1 Å². The number of pyridine rings is 1. The minimum absolute atomic E-state index is 0.149. The zero-order valence-corrected chi connectivity index (χ0v) is 13.5. The van der Waals surface area contributed by atoms with Crippen LogP contribution >= 0.6 is 0 Å². The SMILES string of the molecule is Cc1cc(N(C)/N=C/c2cccnc2)nc(-c2ccccc2O)n1. The molecule has 0 amide bonds. The van der Waals surface area contributed by atoms with Crippen LogP contribution in [0.2, 0.25) is 0 Å². The van der Waals surface area contributed by atoms with E-state index in [1.807, 2.05) is 38.2 Å². The maximum atomic E-state index is 10.0. The van der Waals surface area contributed by atoms with E-state index in [4.69, 9.17) is 0 Å². The van der Waals surface area contributed by atoms with Gasteiger partial charge < -0.3 is 5.11 Å². The molecule has 3 rings (SSSR count). The summed E-state index contributed by atoms with van der Waals surface area (Å²) in [7, 11) is 1.81. The van der Waals surface area contributed by atoms with Crippen LogP contribution in [0.5, 0.6) is 5.75 Å². The van der Waals surface area contributed by atoms with Crippen LogP contribution in [0.15, 0.2) is 60.0 Å². The Labute approximate surface area is 140 Å². The van der Waals surface area contributed by atoms with Gasteiger partial charge in [-0.05, 0) is 25.1 Å². The number of hydrazone groups is 1. The molecule has 120 valence electrons. The summed E-state index contributed by atoms with van der Waals surface area (Å²) in [6.07, 6.45) is 5.16. The Morgan fingerprint density at radius 3 is 2.71 bits per heavy atom. The molecule has 0 aliphatic carbocycles. The summed E-state index contributed by atoms with van der Waals surface area (Å²) < 4.78 is 0. The lowest BCUT2D eigenvalue weighted by Gasteiger charge is -2.14. The molecule has 0 unspecified atom stereocenters. The van der Waals surface area contributed by atoms with Crippen LogP contribution in [-0.2, 0) is 0 Å².